The minimum absolute atomic E-state index is 0.0822. The van der Waals surface area contributed by atoms with E-state index in [1.54, 1.807) is 31.5 Å². The molecule has 3 rings (SSSR count). The Morgan fingerprint density at radius 2 is 1.92 bits per heavy atom. The standard InChI is InChI=1S/C18H20FN5O2/c1-10(25)12-8-22-16(26-4)13-9-21-15(7-11(12)13)23-14-5-6-20-17(24-14)18(2,3)19/h5-10,25H,1-4H3,(H,20,21,23,24)/t10-/m0/s1. The van der Waals surface area contributed by atoms with Gasteiger partial charge in [0, 0.05) is 24.2 Å². The van der Waals surface area contributed by atoms with Crippen molar-refractivity contribution in [2.45, 2.75) is 32.5 Å². The average Bonchev–Trinajstić information content (AvgIpc) is 2.60. The molecule has 26 heavy (non-hydrogen) atoms. The van der Waals surface area contributed by atoms with Crippen LogP contribution in [0.15, 0.2) is 30.7 Å². The molecule has 0 saturated heterocycles. The first-order valence-electron chi connectivity index (χ1n) is 8.09. The van der Waals surface area contributed by atoms with Crippen LogP contribution >= 0.6 is 0 Å². The summed E-state index contributed by atoms with van der Waals surface area (Å²) < 4.78 is 19.3. The molecule has 0 fully saturated rings. The summed E-state index contributed by atoms with van der Waals surface area (Å²) in [6.07, 6.45) is 3.96. The zero-order valence-electron chi connectivity index (χ0n) is 15.0. The molecule has 0 aliphatic carbocycles. The lowest BCUT2D eigenvalue weighted by Crippen LogP contribution is -2.14. The maximum absolute atomic E-state index is 14.1. The van der Waals surface area contributed by atoms with Crippen LogP contribution in [0.4, 0.5) is 16.0 Å². The summed E-state index contributed by atoms with van der Waals surface area (Å²) in [6, 6.07) is 3.40. The number of anilines is 2. The number of halogens is 1. The molecule has 3 aromatic heterocycles. The topological polar surface area (TPSA) is 93.1 Å². The monoisotopic (exact) mass is 357 g/mol. The predicted molar refractivity (Wildman–Crippen MR) is 96.2 cm³/mol. The molecule has 0 bridgehead atoms. The van der Waals surface area contributed by atoms with Gasteiger partial charge >= 0.3 is 0 Å². The number of rotatable bonds is 5. The van der Waals surface area contributed by atoms with Crippen molar-refractivity contribution in [2.75, 3.05) is 12.4 Å². The van der Waals surface area contributed by atoms with Crippen molar-refractivity contribution in [3.05, 3.63) is 42.1 Å². The van der Waals surface area contributed by atoms with Crippen molar-refractivity contribution in [3.63, 3.8) is 0 Å². The second-order valence-electron chi connectivity index (χ2n) is 6.38. The fraction of sp³-hybridized carbons (Fsp3) is 0.333. The number of pyridine rings is 2. The molecule has 2 N–H and O–H groups in total. The molecule has 0 unspecified atom stereocenters. The number of aliphatic hydroxyl groups is 1. The fourth-order valence-corrected chi connectivity index (χ4v) is 2.54. The zero-order chi connectivity index (χ0) is 18.9. The first-order chi connectivity index (χ1) is 12.3. The molecule has 7 nitrogen and oxygen atoms in total. The number of alkyl halides is 1. The summed E-state index contributed by atoms with van der Waals surface area (Å²) >= 11 is 0. The molecule has 0 aliphatic rings. The summed E-state index contributed by atoms with van der Waals surface area (Å²) in [5.41, 5.74) is -0.993. The Balaban J connectivity index is 2.03. The van der Waals surface area contributed by atoms with Gasteiger partial charge in [0.05, 0.1) is 18.6 Å². The summed E-state index contributed by atoms with van der Waals surface area (Å²) in [5, 5.41) is 14.5. The Morgan fingerprint density at radius 3 is 2.58 bits per heavy atom. The fourth-order valence-electron chi connectivity index (χ4n) is 2.54. The van der Waals surface area contributed by atoms with Crippen LogP contribution in [0.3, 0.4) is 0 Å². The number of hydrogen-bond acceptors (Lipinski definition) is 7. The summed E-state index contributed by atoms with van der Waals surface area (Å²) in [6.45, 7) is 4.46. The molecule has 0 aromatic carbocycles. The molecule has 0 saturated carbocycles. The van der Waals surface area contributed by atoms with Crippen LogP contribution in [0, 0.1) is 0 Å². The maximum Gasteiger partial charge on any atom is 0.222 e. The smallest absolute Gasteiger partial charge is 0.222 e. The SMILES string of the molecule is COc1ncc([C@H](C)O)c2cc(Nc3ccnc(C(C)(C)F)n3)ncc12. The van der Waals surface area contributed by atoms with Gasteiger partial charge in [-0.2, -0.15) is 0 Å². The van der Waals surface area contributed by atoms with Crippen molar-refractivity contribution in [1.82, 2.24) is 19.9 Å². The Bertz CT molecular complexity index is 941. The van der Waals surface area contributed by atoms with Crippen molar-refractivity contribution in [1.29, 1.82) is 0 Å². The Hall–Kier alpha value is -2.87. The summed E-state index contributed by atoms with van der Waals surface area (Å²) in [5.74, 6) is 1.42. The predicted octanol–water partition coefficient (Wildman–Crippen LogP) is 3.43. The van der Waals surface area contributed by atoms with E-state index in [2.05, 4.69) is 25.3 Å². The molecule has 3 aromatic rings. The normalized spacial score (nSPS) is 12.8. The van der Waals surface area contributed by atoms with Crippen LogP contribution in [0.5, 0.6) is 5.88 Å². The molecule has 136 valence electrons. The first kappa shape index (κ1) is 17.9. The zero-order valence-corrected chi connectivity index (χ0v) is 15.0. The number of nitrogens with one attached hydrogen (secondary N) is 1. The largest absolute Gasteiger partial charge is 0.481 e. The van der Waals surface area contributed by atoms with Crippen molar-refractivity contribution < 1.29 is 14.2 Å². The molecule has 0 spiro atoms. The third-order valence-electron chi connectivity index (χ3n) is 3.85. The highest BCUT2D eigenvalue weighted by Gasteiger charge is 2.22. The van der Waals surface area contributed by atoms with E-state index in [1.807, 2.05) is 0 Å². The van der Waals surface area contributed by atoms with Gasteiger partial charge < -0.3 is 15.2 Å². The number of fused-ring (bicyclic) bond motifs is 1. The Labute approximate surface area is 150 Å². The van der Waals surface area contributed by atoms with Crippen LogP contribution in [-0.2, 0) is 5.67 Å². The van der Waals surface area contributed by atoms with E-state index in [0.29, 0.717) is 28.5 Å². The lowest BCUT2D eigenvalue weighted by atomic mass is 10.1. The minimum Gasteiger partial charge on any atom is -0.481 e. The van der Waals surface area contributed by atoms with Gasteiger partial charge in [-0.3, -0.25) is 0 Å². The van der Waals surface area contributed by atoms with Gasteiger partial charge in [-0.25, -0.2) is 24.3 Å². The van der Waals surface area contributed by atoms with Gasteiger partial charge in [-0.15, -0.1) is 0 Å². The molecule has 0 amide bonds. The first-order valence-corrected chi connectivity index (χ1v) is 8.09. The van der Waals surface area contributed by atoms with E-state index in [1.165, 1.54) is 27.2 Å². The van der Waals surface area contributed by atoms with E-state index in [9.17, 15) is 9.50 Å². The number of nitrogens with zero attached hydrogens (tertiary/aromatic N) is 4. The second-order valence-corrected chi connectivity index (χ2v) is 6.38. The third kappa shape index (κ3) is 3.55. The number of aliphatic hydroxyl groups excluding tert-OH is 1. The van der Waals surface area contributed by atoms with Crippen molar-refractivity contribution >= 4 is 22.4 Å². The van der Waals surface area contributed by atoms with Crippen molar-refractivity contribution in [3.8, 4) is 5.88 Å². The van der Waals surface area contributed by atoms with Gasteiger partial charge in [-0.1, -0.05) is 0 Å². The molecular weight excluding hydrogens is 337 g/mol. The average molecular weight is 357 g/mol. The molecular formula is C18H20FN5O2. The highest BCUT2D eigenvalue weighted by molar-refractivity contribution is 5.91. The van der Waals surface area contributed by atoms with Crippen molar-refractivity contribution in [2.24, 2.45) is 0 Å². The van der Waals surface area contributed by atoms with Gasteiger partial charge in [0.1, 0.15) is 11.6 Å². The lowest BCUT2D eigenvalue weighted by molar-refractivity contribution is 0.200. The van der Waals surface area contributed by atoms with Gasteiger partial charge in [0.2, 0.25) is 5.88 Å². The van der Waals surface area contributed by atoms with Gasteiger partial charge in [0.25, 0.3) is 0 Å². The highest BCUT2D eigenvalue weighted by Crippen LogP contribution is 2.31. The van der Waals surface area contributed by atoms with E-state index >= 15 is 0 Å². The molecule has 0 aliphatic heterocycles. The number of hydrogen-bond donors (Lipinski definition) is 2. The highest BCUT2D eigenvalue weighted by atomic mass is 19.1. The third-order valence-corrected chi connectivity index (χ3v) is 3.85. The van der Waals surface area contributed by atoms with Crippen LogP contribution in [0.1, 0.15) is 38.3 Å². The molecule has 0 radical (unpaired) electrons. The van der Waals surface area contributed by atoms with E-state index in [-0.39, 0.29) is 5.82 Å². The molecule has 3 heterocycles. The Kier molecular flexibility index (Phi) is 4.69. The maximum atomic E-state index is 14.1. The molecule has 8 heteroatoms. The number of ether oxygens (including phenoxy) is 1. The van der Waals surface area contributed by atoms with E-state index in [4.69, 9.17) is 4.74 Å². The summed E-state index contributed by atoms with van der Waals surface area (Å²) in [4.78, 5) is 16.7. The van der Waals surface area contributed by atoms with Crippen LogP contribution in [0.25, 0.3) is 10.8 Å². The van der Waals surface area contributed by atoms with Crippen LogP contribution in [-0.4, -0.2) is 32.2 Å². The van der Waals surface area contributed by atoms with E-state index in [0.717, 1.165) is 5.39 Å². The Morgan fingerprint density at radius 1 is 1.15 bits per heavy atom. The molecule has 1 atom stereocenters. The quantitative estimate of drug-likeness (QED) is 0.722. The van der Waals surface area contributed by atoms with Gasteiger partial charge in [-0.05, 0) is 38.3 Å². The minimum atomic E-state index is -1.65. The lowest BCUT2D eigenvalue weighted by Gasteiger charge is -2.15. The van der Waals surface area contributed by atoms with Gasteiger partial charge in [0.15, 0.2) is 11.5 Å². The number of aromatic nitrogens is 4. The summed E-state index contributed by atoms with van der Waals surface area (Å²) in [7, 11) is 1.52. The van der Waals surface area contributed by atoms with Crippen LogP contribution < -0.4 is 10.1 Å². The van der Waals surface area contributed by atoms with Crippen LogP contribution in [0.2, 0.25) is 0 Å². The number of methoxy groups -OCH3 is 1. The van der Waals surface area contributed by atoms with E-state index < -0.39 is 11.8 Å². The second kappa shape index (κ2) is 6.80.